The van der Waals surface area contributed by atoms with Crippen LogP contribution in [-0.2, 0) is 0 Å². The Morgan fingerprint density at radius 1 is 1.11 bits per heavy atom. The van der Waals surface area contributed by atoms with E-state index in [9.17, 15) is 5.11 Å². The molecule has 0 aromatic heterocycles. The molecule has 1 saturated heterocycles. The molecule has 0 bridgehead atoms. The summed E-state index contributed by atoms with van der Waals surface area (Å²) in [6.45, 7) is 6.88. The van der Waals surface area contributed by atoms with Crippen LogP contribution in [0.15, 0.2) is 0 Å². The molecule has 0 amide bonds. The third-order valence-electron chi connectivity index (χ3n) is 5.24. The van der Waals surface area contributed by atoms with Crippen molar-refractivity contribution in [3.8, 4) is 0 Å². The van der Waals surface area contributed by atoms with Crippen molar-refractivity contribution in [1.82, 2.24) is 4.90 Å². The van der Waals surface area contributed by atoms with Crippen LogP contribution in [0.3, 0.4) is 0 Å². The Morgan fingerprint density at radius 2 is 1.83 bits per heavy atom. The molecule has 2 fully saturated rings. The van der Waals surface area contributed by atoms with E-state index in [0.29, 0.717) is 6.04 Å². The predicted molar refractivity (Wildman–Crippen MR) is 76.6 cm³/mol. The van der Waals surface area contributed by atoms with Gasteiger partial charge in [0, 0.05) is 12.6 Å². The van der Waals surface area contributed by atoms with Gasteiger partial charge in [0.25, 0.3) is 0 Å². The lowest BCUT2D eigenvalue weighted by Crippen LogP contribution is -2.50. The summed E-state index contributed by atoms with van der Waals surface area (Å²) in [6.07, 6.45) is 10.2. The van der Waals surface area contributed by atoms with Crippen molar-refractivity contribution in [3.63, 3.8) is 0 Å². The van der Waals surface area contributed by atoms with E-state index in [-0.39, 0.29) is 6.10 Å². The maximum atomic E-state index is 10.3. The molecule has 0 spiro atoms. The normalized spacial score (nSPS) is 32.8. The second-order valence-electron chi connectivity index (χ2n) is 6.42. The molecule has 1 aliphatic carbocycles. The fourth-order valence-corrected chi connectivity index (χ4v) is 4.19. The molecule has 2 heteroatoms. The minimum atomic E-state index is -0.111. The van der Waals surface area contributed by atoms with Gasteiger partial charge in [-0.3, -0.25) is 4.90 Å². The highest BCUT2D eigenvalue weighted by Crippen LogP contribution is 2.37. The van der Waals surface area contributed by atoms with Gasteiger partial charge >= 0.3 is 0 Å². The molecule has 1 aliphatic heterocycles. The van der Waals surface area contributed by atoms with Crippen LogP contribution in [-0.4, -0.2) is 35.2 Å². The van der Waals surface area contributed by atoms with Gasteiger partial charge in [-0.25, -0.2) is 0 Å². The number of aliphatic hydroxyl groups is 1. The van der Waals surface area contributed by atoms with E-state index in [4.69, 9.17) is 0 Å². The molecular weight excluding hydrogens is 222 g/mol. The number of nitrogens with zero attached hydrogens (tertiary/aromatic N) is 1. The molecule has 4 atom stereocenters. The van der Waals surface area contributed by atoms with E-state index in [1.54, 1.807) is 0 Å². The van der Waals surface area contributed by atoms with Gasteiger partial charge in [-0.1, -0.05) is 39.5 Å². The van der Waals surface area contributed by atoms with Crippen molar-refractivity contribution < 1.29 is 5.11 Å². The molecule has 1 saturated carbocycles. The van der Waals surface area contributed by atoms with Crippen molar-refractivity contribution in [3.05, 3.63) is 0 Å². The zero-order chi connectivity index (χ0) is 13.0. The van der Waals surface area contributed by atoms with Gasteiger partial charge in [-0.15, -0.1) is 0 Å². The molecule has 2 nitrogen and oxygen atoms in total. The number of hydrogen-bond acceptors (Lipinski definition) is 2. The highest BCUT2D eigenvalue weighted by atomic mass is 16.3. The predicted octanol–water partition coefficient (Wildman–Crippen LogP) is 3.44. The van der Waals surface area contributed by atoms with Gasteiger partial charge in [0.15, 0.2) is 0 Å². The van der Waals surface area contributed by atoms with Crippen LogP contribution >= 0.6 is 0 Å². The van der Waals surface area contributed by atoms with Crippen LogP contribution in [0.4, 0.5) is 0 Å². The van der Waals surface area contributed by atoms with Gasteiger partial charge in [0.05, 0.1) is 6.10 Å². The van der Waals surface area contributed by atoms with E-state index in [1.807, 2.05) is 0 Å². The number of aliphatic hydroxyl groups excluding tert-OH is 1. The van der Waals surface area contributed by atoms with Crippen LogP contribution in [0.2, 0.25) is 0 Å². The number of fused-ring (bicyclic) bond motifs is 1. The van der Waals surface area contributed by atoms with Gasteiger partial charge in [-0.05, 0) is 44.1 Å². The SMILES string of the molecule is CCCC(O)C(CC)N1CCC2CCCCC2C1. The van der Waals surface area contributed by atoms with E-state index in [1.165, 1.54) is 45.2 Å². The summed E-state index contributed by atoms with van der Waals surface area (Å²) in [7, 11) is 0. The Balaban J connectivity index is 1.91. The van der Waals surface area contributed by atoms with Gasteiger partial charge in [-0.2, -0.15) is 0 Å². The summed E-state index contributed by atoms with van der Waals surface area (Å²) >= 11 is 0. The Bertz CT molecular complexity index is 243. The zero-order valence-corrected chi connectivity index (χ0v) is 12.3. The Kier molecular flexibility index (Phi) is 5.50. The second-order valence-corrected chi connectivity index (χ2v) is 6.42. The first-order valence-electron chi connectivity index (χ1n) is 8.18. The molecule has 0 aromatic rings. The molecule has 106 valence electrons. The summed E-state index contributed by atoms with van der Waals surface area (Å²) in [6, 6.07) is 0.410. The van der Waals surface area contributed by atoms with E-state index >= 15 is 0 Å². The van der Waals surface area contributed by atoms with Crippen LogP contribution in [0.25, 0.3) is 0 Å². The summed E-state index contributed by atoms with van der Waals surface area (Å²) in [5, 5.41) is 10.3. The smallest absolute Gasteiger partial charge is 0.0695 e. The first-order valence-corrected chi connectivity index (χ1v) is 8.18. The Hall–Kier alpha value is -0.0800. The third-order valence-corrected chi connectivity index (χ3v) is 5.24. The van der Waals surface area contributed by atoms with Crippen LogP contribution in [0.1, 0.15) is 65.2 Å². The van der Waals surface area contributed by atoms with E-state index in [2.05, 4.69) is 18.7 Å². The number of likely N-dealkylation sites (tertiary alicyclic amines) is 1. The first-order chi connectivity index (χ1) is 8.76. The summed E-state index contributed by atoms with van der Waals surface area (Å²) in [4.78, 5) is 2.60. The van der Waals surface area contributed by atoms with Crippen molar-refractivity contribution in [2.45, 2.75) is 77.4 Å². The highest BCUT2D eigenvalue weighted by molar-refractivity contribution is 4.88. The number of hydrogen-bond donors (Lipinski definition) is 1. The fourth-order valence-electron chi connectivity index (χ4n) is 4.19. The van der Waals surface area contributed by atoms with Gasteiger partial charge < -0.3 is 5.11 Å². The molecule has 0 radical (unpaired) electrons. The monoisotopic (exact) mass is 253 g/mol. The minimum absolute atomic E-state index is 0.111. The van der Waals surface area contributed by atoms with Crippen molar-refractivity contribution in [2.75, 3.05) is 13.1 Å². The molecular formula is C16H31NO. The average molecular weight is 253 g/mol. The van der Waals surface area contributed by atoms with Crippen molar-refractivity contribution in [1.29, 1.82) is 0 Å². The Morgan fingerprint density at radius 3 is 2.50 bits per heavy atom. The van der Waals surface area contributed by atoms with Gasteiger partial charge in [0.1, 0.15) is 0 Å². The molecule has 18 heavy (non-hydrogen) atoms. The van der Waals surface area contributed by atoms with E-state index in [0.717, 1.165) is 31.1 Å². The summed E-state index contributed by atoms with van der Waals surface area (Å²) < 4.78 is 0. The third kappa shape index (κ3) is 3.27. The lowest BCUT2D eigenvalue weighted by molar-refractivity contribution is -0.00575. The topological polar surface area (TPSA) is 23.5 Å². The maximum Gasteiger partial charge on any atom is 0.0695 e. The second kappa shape index (κ2) is 6.91. The Labute approximate surface area is 113 Å². The van der Waals surface area contributed by atoms with E-state index < -0.39 is 0 Å². The lowest BCUT2D eigenvalue weighted by Gasteiger charge is -2.45. The van der Waals surface area contributed by atoms with Crippen molar-refractivity contribution in [2.24, 2.45) is 11.8 Å². The molecule has 4 unspecified atom stereocenters. The van der Waals surface area contributed by atoms with Crippen LogP contribution in [0.5, 0.6) is 0 Å². The largest absolute Gasteiger partial charge is 0.391 e. The average Bonchev–Trinajstić information content (AvgIpc) is 2.40. The van der Waals surface area contributed by atoms with Gasteiger partial charge in [0.2, 0.25) is 0 Å². The molecule has 1 heterocycles. The van der Waals surface area contributed by atoms with Crippen molar-refractivity contribution >= 4 is 0 Å². The van der Waals surface area contributed by atoms with Crippen LogP contribution < -0.4 is 0 Å². The highest BCUT2D eigenvalue weighted by Gasteiger charge is 2.34. The number of rotatable bonds is 5. The lowest BCUT2D eigenvalue weighted by atomic mass is 9.74. The maximum absolute atomic E-state index is 10.3. The first kappa shape index (κ1) is 14.3. The quantitative estimate of drug-likeness (QED) is 0.811. The molecule has 0 aromatic carbocycles. The molecule has 2 aliphatic rings. The summed E-state index contributed by atoms with van der Waals surface area (Å²) in [5.74, 6) is 1.92. The standard InChI is InChI=1S/C16H31NO/c1-3-7-16(18)15(4-2)17-11-10-13-8-5-6-9-14(13)12-17/h13-16,18H,3-12H2,1-2H3. The molecule has 2 rings (SSSR count). The summed E-state index contributed by atoms with van der Waals surface area (Å²) in [5.41, 5.74) is 0. The van der Waals surface area contributed by atoms with Crippen LogP contribution in [0, 0.1) is 11.8 Å². The molecule has 1 N–H and O–H groups in total. The fraction of sp³-hybridized carbons (Fsp3) is 1.00. The zero-order valence-electron chi connectivity index (χ0n) is 12.3. The number of piperidine rings is 1. The minimum Gasteiger partial charge on any atom is -0.391 e.